The van der Waals surface area contributed by atoms with Crippen molar-refractivity contribution in [2.75, 3.05) is 18.4 Å². The Morgan fingerprint density at radius 1 is 1.18 bits per heavy atom. The largest absolute Gasteiger partial charge is 0.351 e. The molecule has 0 saturated heterocycles. The number of rotatable bonds is 6. The van der Waals surface area contributed by atoms with E-state index in [1.165, 1.54) is 24.2 Å². The Bertz CT molecular complexity index is 807. The lowest BCUT2D eigenvalue weighted by Crippen LogP contribution is -2.29. The number of hydrogen-bond donors (Lipinski definition) is 3. The van der Waals surface area contributed by atoms with E-state index in [1.807, 2.05) is 6.92 Å². The monoisotopic (exact) mass is 444 g/mol. The molecule has 0 atom stereocenters. The van der Waals surface area contributed by atoms with Gasteiger partial charge in [-0.05, 0) is 31.9 Å². The van der Waals surface area contributed by atoms with Crippen molar-refractivity contribution in [3.8, 4) is 0 Å². The highest BCUT2D eigenvalue weighted by atomic mass is 35.5. The van der Waals surface area contributed by atoms with Crippen LogP contribution in [-0.2, 0) is 0 Å². The highest BCUT2D eigenvalue weighted by molar-refractivity contribution is 7.14. The molecular weight excluding hydrogens is 419 g/mol. The van der Waals surface area contributed by atoms with Crippen molar-refractivity contribution in [2.24, 2.45) is 5.73 Å². The molecule has 28 heavy (non-hydrogen) atoms. The zero-order chi connectivity index (χ0) is 18.5. The van der Waals surface area contributed by atoms with E-state index in [1.54, 1.807) is 24.3 Å². The predicted molar refractivity (Wildman–Crippen MR) is 118 cm³/mol. The first-order chi connectivity index (χ1) is 12.6. The van der Waals surface area contributed by atoms with Gasteiger partial charge in [-0.1, -0.05) is 25.0 Å². The number of benzene rings is 1. The van der Waals surface area contributed by atoms with E-state index in [2.05, 4.69) is 15.6 Å². The SMILES string of the molecule is Cc1nc(C2CCCC2)sc1C(=O)Nc1ccccc1C(=O)NCCN.Cl.Cl. The van der Waals surface area contributed by atoms with E-state index in [0.29, 0.717) is 35.1 Å². The highest BCUT2D eigenvalue weighted by Gasteiger charge is 2.24. The van der Waals surface area contributed by atoms with Crippen LogP contribution in [-0.4, -0.2) is 29.9 Å². The minimum absolute atomic E-state index is 0. The van der Waals surface area contributed by atoms with E-state index in [0.717, 1.165) is 23.5 Å². The van der Waals surface area contributed by atoms with Gasteiger partial charge >= 0.3 is 0 Å². The Hall–Kier alpha value is -1.67. The van der Waals surface area contributed by atoms with Crippen molar-refractivity contribution in [3.05, 3.63) is 45.4 Å². The lowest BCUT2D eigenvalue weighted by molar-refractivity contribution is 0.0955. The summed E-state index contributed by atoms with van der Waals surface area (Å²) in [5.74, 6) is 0.0110. The fraction of sp³-hybridized carbons (Fsp3) is 0.421. The Morgan fingerprint density at radius 2 is 1.86 bits per heavy atom. The summed E-state index contributed by atoms with van der Waals surface area (Å²) in [6.07, 6.45) is 4.77. The summed E-state index contributed by atoms with van der Waals surface area (Å²) in [6.45, 7) is 2.62. The molecule has 2 amide bonds. The van der Waals surface area contributed by atoms with E-state index in [-0.39, 0.29) is 36.6 Å². The molecule has 1 saturated carbocycles. The van der Waals surface area contributed by atoms with Crippen molar-refractivity contribution in [1.29, 1.82) is 0 Å². The summed E-state index contributed by atoms with van der Waals surface area (Å²) >= 11 is 1.47. The average molecular weight is 445 g/mol. The maximum atomic E-state index is 12.8. The number of amides is 2. The second kappa shape index (κ2) is 11.4. The van der Waals surface area contributed by atoms with Crippen LogP contribution in [0.5, 0.6) is 0 Å². The van der Waals surface area contributed by atoms with Crippen LogP contribution in [0.25, 0.3) is 0 Å². The third-order valence-electron chi connectivity index (χ3n) is 4.57. The topological polar surface area (TPSA) is 97.1 Å². The number of aryl methyl sites for hydroxylation is 1. The molecule has 1 aliphatic rings. The van der Waals surface area contributed by atoms with Gasteiger partial charge < -0.3 is 16.4 Å². The Kier molecular flexibility index (Phi) is 9.89. The maximum absolute atomic E-state index is 12.8. The highest BCUT2D eigenvalue weighted by Crippen LogP contribution is 2.37. The first-order valence-corrected chi connectivity index (χ1v) is 9.77. The predicted octanol–water partition coefficient (Wildman–Crippen LogP) is 3.89. The minimum Gasteiger partial charge on any atom is -0.351 e. The quantitative estimate of drug-likeness (QED) is 0.629. The second-order valence-corrected chi connectivity index (χ2v) is 7.52. The summed E-state index contributed by atoms with van der Waals surface area (Å²) in [5, 5.41) is 6.65. The van der Waals surface area contributed by atoms with Crippen LogP contribution >= 0.6 is 36.2 Å². The number of anilines is 1. The molecule has 0 aliphatic heterocycles. The Labute approximate surface area is 181 Å². The van der Waals surface area contributed by atoms with E-state index in [9.17, 15) is 9.59 Å². The van der Waals surface area contributed by atoms with E-state index < -0.39 is 0 Å². The zero-order valence-corrected chi connectivity index (χ0v) is 18.1. The first kappa shape index (κ1) is 24.4. The molecule has 9 heteroatoms. The number of nitrogens with zero attached hydrogens (tertiary/aromatic N) is 1. The summed E-state index contributed by atoms with van der Waals surface area (Å²) in [7, 11) is 0. The molecule has 2 aromatic rings. The zero-order valence-electron chi connectivity index (χ0n) is 15.7. The van der Waals surface area contributed by atoms with Gasteiger partial charge in [0.25, 0.3) is 11.8 Å². The molecule has 154 valence electrons. The molecular formula is C19H26Cl2N4O2S. The number of aromatic nitrogens is 1. The van der Waals surface area contributed by atoms with Crippen molar-refractivity contribution < 1.29 is 9.59 Å². The summed E-state index contributed by atoms with van der Waals surface area (Å²) < 4.78 is 0. The first-order valence-electron chi connectivity index (χ1n) is 8.96. The van der Waals surface area contributed by atoms with Gasteiger partial charge in [0.1, 0.15) is 4.88 Å². The fourth-order valence-electron chi connectivity index (χ4n) is 3.23. The van der Waals surface area contributed by atoms with Crippen LogP contribution in [0.15, 0.2) is 24.3 Å². The second-order valence-electron chi connectivity index (χ2n) is 6.49. The molecule has 0 bridgehead atoms. The van der Waals surface area contributed by atoms with Gasteiger partial charge in [-0.25, -0.2) is 4.98 Å². The van der Waals surface area contributed by atoms with Gasteiger partial charge in [0.15, 0.2) is 0 Å². The van der Waals surface area contributed by atoms with E-state index >= 15 is 0 Å². The minimum atomic E-state index is -0.251. The number of para-hydroxylation sites is 1. The summed E-state index contributed by atoms with van der Waals surface area (Å²) in [6, 6.07) is 6.97. The number of nitrogens with two attached hydrogens (primary N) is 1. The molecule has 4 N–H and O–H groups in total. The van der Waals surface area contributed by atoms with Crippen LogP contribution in [0.2, 0.25) is 0 Å². The average Bonchev–Trinajstić information content (AvgIpc) is 3.29. The molecule has 0 unspecified atom stereocenters. The molecule has 0 spiro atoms. The van der Waals surface area contributed by atoms with Crippen molar-refractivity contribution in [3.63, 3.8) is 0 Å². The molecule has 3 rings (SSSR count). The maximum Gasteiger partial charge on any atom is 0.267 e. The van der Waals surface area contributed by atoms with Crippen molar-refractivity contribution in [1.82, 2.24) is 10.3 Å². The molecule has 6 nitrogen and oxygen atoms in total. The third kappa shape index (κ3) is 5.67. The number of carbonyl (C=O) groups is 2. The number of thiazole rings is 1. The third-order valence-corrected chi connectivity index (χ3v) is 5.89. The van der Waals surface area contributed by atoms with Gasteiger partial charge in [-0.3, -0.25) is 9.59 Å². The fourth-order valence-corrected chi connectivity index (χ4v) is 4.36. The lowest BCUT2D eigenvalue weighted by Gasteiger charge is -2.10. The van der Waals surface area contributed by atoms with Crippen LogP contribution in [0, 0.1) is 6.92 Å². The van der Waals surface area contributed by atoms with Gasteiger partial charge in [0, 0.05) is 19.0 Å². The van der Waals surface area contributed by atoms with E-state index in [4.69, 9.17) is 5.73 Å². The molecule has 1 aliphatic carbocycles. The standard InChI is InChI=1S/C19H24N4O2S.2ClH/c1-12-16(26-19(22-12)13-6-2-3-7-13)18(25)23-15-9-5-4-8-14(15)17(24)21-11-10-20;;/h4-5,8-9,13H,2-3,6-7,10-11,20H2,1H3,(H,21,24)(H,23,25);2*1H. The van der Waals surface area contributed by atoms with Gasteiger partial charge in [-0.15, -0.1) is 36.2 Å². The number of carbonyl (C=O) groups excluding carboxylic acids is 2. The Morgan fingerprint density at radius 3 is 2.54 bits per heavy atom. The smallest absolute Gasteiger partial charge is 0.267 e. The molecule has 1 heterocycles. The number of nitrogens with one attached hydrogen (secondary N) is 2. The molecule has 1 fully saturated rings. The number of hydrogen-bond acceptors (Lipinski definition) is 5. The van der Waals surface area contributed by atoms with Crippen molar-refractivity contribution >= 4 is 53.7 Å². The van der Waals surface area contributed by atoms with Crippen LogP contribution < -0.4 is 16.4 Å². The van der Waals surface area contributed by atoms with Gasteiger partial charge in [0.2, 0.25) is 0 Å². The van der Waals surface area contributed by atoms with Crippen molar-refractivity contribution in [2.45, 2.75) is 38.5 Å². The van der Waals surface area contributed by atoms with Crippen LogP contribution in [0.4, 0.5) is 5.69 Å². The molecule has 1 aromatic heterocycles. The molecule has 1 aromatic carbocycles. The summed E-state index contributed by atoms with van der Waals surface area (Å²) in [4.78, 5) is 30.3. The van der Waals surface area contributed by atoms with Gasteiger partial charge in [0.05, 0.1) is 22.0 Å². The number of halogens is 2. The normalized spacial score (nSPS) is 13.4. The summed E-state index contributed by atoms with van der Waals surface area (Å²) in [5.41, 5.74) is 7.09. The van der Waals surface area contributed by atoms with Crippen LogP contribution in [0.1, 0.15) is 62.3 Å². The van der Waals surface area contributed by atoms with Crippen LogP contribution in [0.3, 0.4) is 0 Å². The van der Waals surface area contributed by atoms with Gasteiger partial charge in [-0.2, -0.15) is 0 Å². The molecule has 0 radical (unpaired) electrons. The lowest BCUT2D eigenvalue weighted by atomic mass is 10.1. The Balaban J connectivity index is 0.00000196.